The number of benzene rings is 2. The topological polar surface area (TPSA) is 49.9 Å². The first-order valence-corrected chi connectivity index (χ1v) is 9.18. The maximum atomic E-state index is 13.2. The zero-order chi connectivity index (χ0) is 21.0. The van der Waals surface area contributed by atoms with Crippen LogP contribution >= 0.6 is 0 Å². The fourth-order valence-electron chi connectivity index (χ4n) is 3.12. The van der Waals surface area contributed by atoms with Crippen molar-refractivity contribution in [3.05, 3.63) is 65.2 Å². The molecule has 1 heterocycles. The summed E-state index contributed by atoms with van der Waals surface area (Å²) >= 11 is 0. The largest absolute Gasteiger partial charge is 0.484 e. The molecule has 1 aliphatic heterocycles. The molecule has 3 rings (SSSR count). The Hall–Kier alpha value is -3.03. The molecule has 29 heavy (non-hydrogen) atoms. The molecule has 1 fully saturated rings. The van der Waals surface area contributed by atoms with Gasteiger partial charge in [0.05, 0.1) is 11.1 Å². The van der Waals surface area contributed by atoms with Gasteiger partial charge in [-0.25, -0.2) is 0 Å². The van der Waals surface area contributed by atoms with Crippen molar-refractivity contribution in [2.75, 3.05) is 32.8 Å². The SMILES string of the molecule is Cc1ccc(OCC(=O)N2CCN(C(=O)c3ccccc3C(F)(F)F)CC2)cc1. The molecule has 0 spiro atoms. The summed E-state index contributed by atoms with van der Waals surface area (Å²) in [7, 11) is 0. The van der Waals surface area contributed by atoms with Gasteiger partial charge in [0.15, 0.2) is 6.61 Å². The van der Waals surface area contributed by atoms with Crippen LogP contribution < -0.4 is 4.74 Å². The highest BCUT2D eigenvalue weighted by Crippen LogP contribution is 2.32. The number of hydrogen-bond donors (Lipinski definition) is 0. The molecular formula is C21H21F3N2O3. The molecular weight excluding hydrogens is 385 g/mol. The molecule has 0 saturated carbocycles. The number of nitrogens with zero attached hydrogens (tertiary/aromatic N) is 2. The van der Waals surface area contributed by atoms with Crippen LogP contribution in [0.5, 0.6) is 5.75 Å². The molecule has 154 valence electrons. The maximum Gasteiger partial charge on any atom is 0.417 e. The number of aryl methyl sites for hydroxylation is 1. The first-order valence-electron chi connectivity index (χ1n) is 9.18. The number of piperazine rings is 1. The Kier molecular flexibility index (Phi) is 6.10. The highest BCUT2D eigenvalue weighted by molar-refractivity contribution is 5.96. The van der Waals surface area contributed by atoms with E-state index in [-0.39, 0.29) is 44.3 Å². The number of hydrogen-bond acceptors (Lipinski definition) is 3. The lowest BCUT2D eigenvalue weighted by Crippen LogP contribution is -2.51. The fraction of sp³-hybridized carbons (Fsp3) is 0.333. The molecule has 2 aromatic carbocycles. The van der Waals surface area contributed by atoms with Crippen LogP contribution in [0.3, 0.4) is 0 Å². The minimum atomic E-state index is -4.60. The van der Waals surface area contributed by atoms with E-state index in [1.54, 1.807) is 17.0 Å². The molecule has 0 bridgehead atoms. The molecule has 0 unspecified atom stereocenters. The summed E-state index contributed by atoms with van der Waals surface area (Å²) in [5.41, 5.74) is -0.242. The van der Waals surface area contributed by atoms with Crippen molar-refractivity contribution in [2.45, 2.75) is 13.1 Å². The van der Waals surface area contributed by atoms with Gasteiger partial charge in [-0.1, -0.05) is 29.8 Å². The molecule has 0 aromatic heterocycles. The number of alkyl halides is 3. The second-order valence-electron chi connectivity index (χ2n) is 6.82. The number of rotatable bonds is 4. The van der Waals surface area contributed by atoms with E-state index in [9.17, 15) is 22.8 Å². The van der Waals surface area contributed by atoms with Crippen LogP contribution in [0, 0.1) is 6.92 Å². The lowest BCUT2D eigenvalue weighted by molar-refractivity contribution is -0.138. The van der Waals surface area contributed by atoms with Crippen LogP contribution in [0.4, 0.5) is 13.2 Å². The standard InChI is InChI=1S/C21H21F3N2O3/c1-15-6-8-16(9-7-15)29-14-19(27)25-10-12-26(13-11-25)20(28)17-4-2-3-5-18(17)21(22,23)24/h2-9H,10-14H2,1H3. The van der Waals surface area contributed by atoms with Gasteiger partial charge in [-0.3, -0.25) is 9.59 Å². The minimum Gasteiger partial charge on any atom is -0.484 e. The Bertz CT molecular complexity index is 873. The Morgan fingerprint density at radius 2 is 1.52 bits per heavy atom. The summed E-state index contributed by atoms with van der Waals surface area (Å²) in [6, 6.07) is 12.0. The van der Waals surface area contributed by atoms with Gasteiger partial charge in [-0.2, -0.15) is 13.2 Å². The number of ether oxygens (including phenoxy) is 1. The minimum absolute atomic E-state index is 0.131. The highest BCUT2D eigenvalue weighted by atomic mass is 19.4. The first-order chi connectivity index (χ1) is 13.8. The summed E-state index contributed by atoms with van der Waals surface area (Å²) in [5.74, 6) is -0.323. The first kappa shape index (κ1) is 20.7. The van der Waals surface area contributed by atoms with E-state index in [0.29, 0.717) is 5.75 Å². The van der Waals surface area contributed by atoms with Crippen molar-refractivity contribution in [1.29, 1.82) is 0 Å². The number of halogens is 3. The van der Waals surface area contributed by atoms with Crippen molar-refractivity contribution in [2.24, 2.45) is 0 Å². The van der Waals surface area contributed by atoms with E-state index in [4.69, 9.17) is 4.74 Å². The van der Waals surface area contributed by atoms with Crippen LogP contribution in [0.15, 0.2) is 48.5 Å². The van der Waals surface area contributed by atoms with Crippen molar-refractivity contribution < 1.29 is 27.5 Å². The summed E-state index contributed by atoms with van der Waals surface area (Å²) in [6.45, 7) is 2.64. The van der Waals surface area contributed by atoms with Gasteiger partial charge >= 0.3 is 6.18 Å². The Morgan fingerprint density at radius 1 is 0.931 bits per heavy atom. The van der Waals surface area contributed by atoms with Crippen LogP contribution in [0.25, 0.3) is 0 Å². The van der Waals surface area contributed by atoms with Gasteiger partial charge in [-0.05, 0) is 31.2 Å². The predicted octanol–water partition coefficient (Wildman–Crippen LogP) is 3.38. The summed E-state index contributed by atoms with van der Waals surface area (Å²) in [6.07, 6.45) is -4.60. The number of amides is 2. The highest BCUT2D eigenvalue weighted by Gasteiger charge is 2.36. The quantitative estimate of drug-likeness (QED) is 0.782. The zero-order valence-corrected chi connectivity index (χ0v) is 15.9. The van der Waals surface area contributed by atoms with Gasteiger partial charge in [0.2, 0.25) is 0 Å². The predicted molar refractivity (Wildman–Crippen MR) is 101 cm³/mol. The maximum absolute atomic E-state index is 13.2. The molecule has 2 amide bonds. The lowest BCUT2D eigenvalue weighted by atomic mass is 10.1. The molecule has 2 aromatic rings. The molecule has 0 aliphatic carbocycles. The molecule has 1 saturated heterocycles. The van der Waals surface area contributed by atoms with E-state index in [0.717, 1.165) is 11.6 Å². The summed E-state index contributed by atoms with van der Waals surface area (Å²) in [4.78, 5) is 27.8. The average molecular weight is 406 g/mol. The van der Waals surface area contributed by atoms with E-state index in [2.05, 4.69) is 0 Å². The van der Waals surface area contributed by atoms with Crippen molar-refractivity contribution in [3.8, 4) is 5.75 Å². The fourth-order valence-corrected chi connectivity index (χ4v) is 3.12. The van der Waals surface area contributed by atoms with Gasteiger partial charge in [0.25, 0.3) is 11.8 Å². The Labute approximate surface area is 166 Å². The van der Waals surface area contributed by atoms with Gasteiger partial charge in [0.1, 0.15) is 5.75 Å². The van der Waals surface area contributed by atoms with Crippen LogP contribution in [-0.2, 0) is 11.0 Å². The zero-order valence-electron chi connectivity index (χ0n) is 15.9. The summed E-state index contributed by atoms with van der Waals surface area (Å²) < 4.78 is 44.9. The van der Waals surface area contributed by atoms with Crippen molar-refractivity contribution in [3.63, 3.8) is 0 Å². The summed E-state index contributed by atoms with van der Waals surface area (Å²) in [5, 5.41) is 0. The third-order valence-corrected chi connectivity index (χ3v) is 4.77. The van der Waals surface area contributed by atoms with Crippen molar-refractivity contribution >= 4 is 11.8 Å². The number of carbonyl (C=O) groups is 2. The normalized spacial score (nSPS) is 14.6. The lowest BCUT2D eigenvalue weighted by Gasteiger charge is -2.35. The van der Waals surface area contributed by atoms with E-state index in [1.165, 1.54) is 23.1 Å². The Balaban J connectivity index is 1.56. The van der Waals surface area contributed by atoms with Crippen molar-refractivity contribution in [1.82, 2.24) is 9.80 Å². The monoisotopic (exact) mass is 406 g/mol. The van der Waals surface area contributed by atoms with Crippen LogP contribution in [0.2, 0.25) is 0 Å². The molecule has 1 aliphatic rings. The molecule has 0 atom stereocenters. The number of carbonyl (C=O) groups excluding carboxylic acids is 2. The third-order valence-electron chi connectivity index (χ3n) is 4.77. The van der Waals surface area contributed by atoms with Gasteiger partial charge in [0, 0.05) is 26.2 Å². The molecule has 0 radical (unpaired) electrons. The van der Waals surface area contributed by atoms with Crippen LogP contribution in [0.1, 0.15) is 21.5 Å². The smallest absolute Gasteiger partial charge is 0.417 e. The van der Waals surface area contributed by atoms with E-state index < -0.39 is 17.6 Å². The third kappa shape index (κ3) is 5.07. The van der Waals surface area contributed by atoms with E-state index >= 15 is 0 Å². The van der Waals surface area contributed by atoms with Gasteiger partial charge in [-0.15, -0.1) is 0 Å². The van der Waals surface area contributed by atoms with E-state index in [1.807, 2.05) is 19.1 Å². The molecule has 0 N–H and O–H groups in total. The molecule has 5 nitrogen and oxygen atoms in total. The Morgan fingerprint density at radius 3 is 2.14 bits per heavy atom. The van der Waals surface area contributed by atoms with Gasteiger partial charge < -0.3 is 14.5 Å². The molecule has 8 heteroatoms. The second-order valence-corrected chi connectivity index (χ2v) is 6.82. The van der Waals surface area contributed by atoms with Crippen LogP contribution in [-0.4, -0.2) is 54.4 Å². The second kappa shape index (κ2) is 8.55. The average Bonchev–Trinajstić information content (AvgIpc) is 2.72.